The highest BCUT2D eigenvalue weighted by molar-refractivity contribution is 7.12. The van der Waals surface area contributed by atoms with Gasteiger partial charge in [-0.15, -0.1) is 11.3 Å². The zero-order chi connectivity index (χ0) is 22.9. The second kappa shape index (κ2) is 8.29. The van der Waals surface area contributed by atoms with E-state index in [4.69, 9.17) is 4.74 Å². The van der Waals surface area contributed by atoms with Crippen molar-refractivity contribution in [3.63, 3.8) is 0 Å². The van der Waals surface area contributed by atoms with Crippen LogP contribution in [-0.2, 0) is 0 Å². The van der Waals surface area contributed by atoms with Crippen molar-refractivity contribution in [2.75, 3.05) is 0 Å². The number of carbonyl (C=O) groups excluding carboxylic acids is 2. The summed E-state index contributed by atoms with van der Waals surface area (Å²) in [6.07, 6.45) is -5.31. The number of Topliss-reactive ketones (excluding diaryl/α,β-unsaturated/α-hetero) is 1. The third-order valence-electron chi connectivity index (χ3n) is 5.05. The predicted molar refractivity (Wildman–Crippen MR) is 111 cm³/mol. The number of ether oxygens (including phenoxy) is 1. The fourth-order valence-corrected chi connectivity index (χ4v) is 4.29. The summed E-state index contributed by atoms with van der Waals surface area (Å²) in [6.45, 7) is 0. The van der Waals surface area contributed by atoms with Crippen LogP contribution in [0.5, 0.6) is 11.5 Å². The highest BCUT2D eigenvalue weighted by Gasteiger charge is 2.66. The number of hydrogen-bond donors (Lipinski definition) is 3. The summed E-state index contributed by atoms with van der Waals surface area (Å²) >= 11 is 0.946. The van der Waals surface area contributed by atoms with Crippen LogP contribution in [0.4, 0.5) is 18.0 Å². The lowest BCUT2D eigenvalue weighted by Crippen LogP contribution is -2.72. The largest absolute Gasteiger partial charge is 0.457 e. The molecule has 1 saturated heterocycles. The predicted octanol–water partition coefficient (Wildman–Crippen LogP) is 4.64. The molecule has 2 heterocycles. The number of benzene rings is 2. The van der Waals surface area contributed by atoms with Gasteiger partial charge in [0.15, 0.2) is 5.78 Å². The summed E-state index contributed by atoms with van der Waals surface area (Å²) in [6, 6.07) is 14.9. The minimum absolute atomic E-state index is 0.0253. The van der Waals surface area contributed by atoms with Crippen molar-refractivity contribution >= 4 is 23.2 Å². The molecule has 0 spiro atoms. The van der Waals surface area contributed by atoms with Crippen LogP contribution in [0.15, 0.2) is 72.1 Å². The first-order valence-electron chi connectivity index (χ1n) is 9.47. The van der Waals surface area contributed by atoms with E-state index >= 15 is 0 Å². The third-order valence-corrected chi connectivity index (χ3v) is 5.93. The van der Waals surface area contributed by atoms with E-state index in [2.05, 4.69) is 5.32 Å². The van der Waals surface area contributed by atoms with E-state index in [0.29, 0.717) is 11.5 Å². The van der Waals surface area contributed by atoms with Crippen LogP contribution >= 0.6 is 11.3 Å². The first-order chi connectivity index (χ1) is 15.2. The summed E-state index contributed by atoms with van der Waals surface area (Å²) in [7, 11) is 0. The van der Waals surface area contributed by atoms with E-state index in [1.54, 1.807) is 36.4 Å². The third kappa shape index (κ3) is 4.06. The monoisotopic (exact) mass is 462 g/mol. The van der Waals surface area contributed by atoms with Gasteiger partial charge in [0, 0.05) is 0 Å². The van der Waals surface area contributed by atoms with Gasteiger partial charge < -0.3 is 20.5 Å². The molecule has 0 aliphatic carbocycles. The molecule has 3 N–H and O–H groups in total. The molecule has 1 aliphatic heterocycles. The topological polar surface area (TPSA) is 87.7 Å². The number of carbonyl (C=O) groups is 2. The Hall–Kier alpha value is -3.37. The second-order valence-corrected chi connectivity index (χ2v) is 8.09. The lowest BCUT2D eigenvalue weighted by molar-refractivity contribution is -0.287. The molecule has 1 aliphatic rings. The van der Waals surface area contributed by atoms with Crippen molar-refractivity contribution in [1.29, 1.82) is 0 Å². The van der Waals surface area contributed by atoms with Gasteiger partial charge in [-0.1, -0.05) is 36.4 Å². The van der Waals surface area contributed by atoms with Crippen LogP contribution in [0.1, 0.15) is 21.3 Å². The van der Waals surface area contributed by atoms with Crippen LogP contribution < -0.4 is 15.4 Å². The van der Waals surface area contributed by atoms with Crippen LogP contribution in [-0.4, -0.2) is 28.8 Å². The molecular weight excluding hydrogens is 445 g/mol. The standard InChI is InChI=1S/C22H17F3N2O4S/c23-22(24,25)21(30)17(19(28)16-10-5-11-32-16)18(26-20(29)27-21)13-6-4-9-15(12-13)31-14-7-2-1-3-8-14/h1-12,17-18,30H,(H2,26,27,29)/t17-,18-,21+/m1/s1. The zero-order valence-electron chi connectivity index (χ0n) is 16.3. The number of ketones is 1. The minimum atomic E-state index is -5.31. The number of thiophene rings is 1. The summed E-state index contributed by atoms with van der Waals surface area (Å²) in [5, 5.41) is 16.0. The van der Waals surface area contributed by atoms with Crippen LogP contribution in [0.2, 0.25) is 0 Å². The average Bonchev–Trinajstić information content (AvgIpc) is 3.28. The summed E-state index contributed by atoms with van der Waals surface area (Å²) in [4.78, 5) is 25.3. The van der Waals surface area contributed by atoms with Gasteiger partial charge in [0.1, 0.15) is 17.4 Å². The SMILES string of the molecule is O=C1N[C@H](c2cccc(Oc3ccccc3)c2)[C@H](C(=O)c2cccs2)[C@](O)(C(F)(F)F)N1. The van der Waals surface area contributed by atoms with Crippen molar-refractivity contribution in [2.24, 2.45) is 5.92 Å². The summed E-state index contributed by atoms with van der Waals surface area (Å²) < 4.78 is 47.6. The summed E-state index contributed by atoms with van der Waals surface area (Å²) in [5.41, 5.74) is -3.59. The second-order valence-electron chi connectivity index (χ2n) is 7.15. The molecule has 166 valence electrons. The first-order valence-corrected chi connectivity index (χ1v) is 10.4. The minimum Gasteiger partial charge on any atom is -0.457 e. The van der Waals surface area contributed by atoms with Gasteiger partial charge in [-0.05, 0) is 41.3 Å². The van der Waals surface area contributed by atoms with Gasteiger partial charge in [-0.3, -0.25) is 4.79 Å². The quantitative estimate of drug-likeness (QED) is 0.482. The zero-order valence-corrected chi connectivity index (χ0v) is 17.1. The van der Waals surface area contributed by atoms with Crippen LogP contribution in [0.25, 0.3) is 0 Å². The Morgan fingerprint density at radius 3 is 2.41 bits per heavy atom. The van der Waals surface area contributed by atoms with Crippen molar-refractivity contribution in [2.45, 2.75) is 17.9 Å². The highest BCUT2D eigenvalue weighted by Crippen LogP contribution is 2.44. The maximum Gasteiger partial charge on any atom is 0.437 e. The van der Waals surface area contributed by atoms with Crippen LogP contribution in [0, 0.1) is 5.92 Å². The molecule has 32 heavy (non-hydrogen) atoms. The Morgan fingerprint density at radius 1 is 1.03 bits per heavy atom. The average molecular weight is 462 g/mol. The van der Waals surface area contributed by atoms with Crippen molar-refractivity contribution in [3.05, 3.63) is 82.6 Å². The first kappa shape index (κ1) is 21.8. The molecule has 3 atom stereocenters. The number of halogens is 3. The Bertz CT molecular complexity index is 1120. The lowest BCUT2D eigenvalue weighted by Gasteiger charge is -2.44. The molecule has 6 nitrogen and oxygen atoms in total. The molecule has 0 saturated carbocycles. The highest BCUT2D eigenvalue weighted by atomic mass is 32.1. The Labute approximate surface area is 184 Å². The van der Waals surface area contributed by atoms with Gasteiger partial charge >= 0.3 is 12.2 Å². The Balaban J connectivity index is 1.77. The molecule has 0 bridgehead atoms. The fourth-order valence-electron chi connectivity index (χ4n) is 3.58. The maximum absolute atomic E-state index is 13.9. The van der Waals surface area contributed by atoms with E-state index in [1.807, 2.05) is 0 Å². The number of amides is 2. The lowest BCUT2D eigenvalue weighted by atomic mass is 9.78. The van der Waals surface area contributed by atoms with Crippen molar-refractivity contribution in [3.8, 4) is 11.5 Å². The number of rotatable bonds is 5. The van der Waals surface area contributed by atoms with E-state index < -0.39 is 35.7 Å². The molecule has 0 unspecified atom stereocenters. The number of hydrogen-bond acceptors (Lipinski definition) is 5. The van der Waals surface area contributed by atoms with Gasteiger partial charge in [0.25, 0.3) is 0 Å². The van der Waals surface area contributed by atoms with Gasteiger partial charge in [-0.25, -0.2) is 4.79 Å². The van der Waals surface area contributed by atoms with Crippen LogP contribution in [0.3, 0.4) is 0 Å². The fraction of sp³-hybridized carbons (Fsp3) is 0.182. The number of aliphatic hydroxyl groups is 1. The van der Waals surface area contributed by atoms with E-state index in [0.717, 1.165) is 11.3 Å². The molecule has 2 amide bonds. The van der Waals surface area contributed by atoms with Crippen molar-refractivity contribution in [1.82, 2.24) is 10.6 Å². The number of para-hydroxylation sites is 1. The molecule has 0 radical (unpaired) electrons. The van der Waals surface area contributed by atoms with Gasteiger partial charge in [0.2, 0.25) is 5.72 Å². The molecule has 4 rings (SSSR count). The smallest absolute Gasteiger partial charge is 0.437 e. The molecule has 1 fully saturated rings. The number of urea groups is 1. The Kier molecular flexibility index (Phi) is 5.66. The normalized spacial score (nSPS) is 23.2. The van der Waals surface area contributed by atoms with Gasteiger partial charge in [0.05, 0.1) is 10.9 Å². The summed E-state index contributed by atoms with van der Waals surface area (Å²) in [5.74, 6) is -2.24. The molecule has 1 aromatic heterocycles. The van der Waals surface area contributed by atoms with E-state index in [-0.39, 0.29) is 10.4 Å². The molecular formula is C22H17F3N2O4S. The van der Waals surface area contributed by atoms with E-state index in [1.165, 1.54) is 41.0 Å². The molecule has 10 heteroatoms. The van der Waals surface area contributed by atoms with E-state index in [9.17, 15) is 27.9 Å². The number of alkyl halides is 3. The van der Waals surface area contributed by atoms with Crippen molar-refractivity contribution < 1.29 is 32.6 Å². The van der Waals surface area contributed by atoms with Gasteiger partial charge in [-0.2, -0.15) is 13.2 Å². The maximum atomic E-state index is 13.9. The molecule has 2 aromatic carbocycles. The number of nitrogens with one attached hydrogen (secondary N) is 2. The molecule has 3 aromatic rings. The Morgan fingerprint density at radius 2 is 1.75 bits per heavy atom.